The average Bonchev–Trinajstić information content (AvgIpc) is 3.09. The Morgan fingerprint density at radius 1 is 1.30 bits per heavy atom. The Kier molecular flexibility index (Phi) is 3.08. The van der Waals surface area contributed by atoms with Crippen LogP contribution in [0.15, 0.2) is 41.2 Å². The first-order valence-corrected chi connectivity index (χ1v) is 5.99. The number of hydrogen-bond acceptors (Lipinski definition) is 6. The van der Waals surface area contributed by atoms with Crippen LogP contribution < -0.4 is 10.5 Å². The van der Waals surface area contributed by atoms with Crippen molar-refractivity contribution in [3.05, 3.63) is 42.5 Å². The molecular weight excluding hydrogens is 258 g/mol. The van der Waals surface area contributed by atoms with Crippen LogP contribution in [-0.2, 0) is 6.54 Å². The van der Waals surface area contributed by atoms with Crippen LogP contribution in [0, 0.1) is 0 Å². The molecule has 20 heavy (non-hydrogen) atoms. The third-order valence-corrected chi connectivity index (χ3v) is 2.77. The molecule has 0 fully saturated rings. The molecule has 1 aromatic carbocycles. The summed E-state index contributed by atoms with van der Waals surface area (Å²) >= 11 is 0. The van der Waals surface area contributed by atoms with Gasteiger partial charge in [-0.05, 0) is 24.3 Å². The van der Waals surface area contributed by atoms with Crippen molar-refractivity contribution >= 4 is 5.69 Å². The van der Waals surface area contributed by atoms with E-state index < -0.39 is 0 Å². The summed E-state index contributed by atoms with van der Waals surface area (Å²) in [5, 5.41) is 8.01. The number of aromatic nitrogens is 4. The zero-order valence-electron chi connectivity index (χ0n) is 10.9. The van der Waals surface area contributed by atoms with Crippen molar-refractivity contribution in [2.24, 2.45) is 0 Å². The molecule has 2 heterocycles. The molecule has 0 aliphatic rings. The number of nitrogens with two attached hydrogens (primary N) is 1. The Morgan fingerprint density at radius 2 is 2.10 bits per heavy atom. The molecule has 0 spiro atoms. The smallest absolute Gasteiger partial charge is 0.248 e. The maximum atomic E-state index is 5.59. The van der Waals surface area contributed by atoms with Gasteiger partial charge in [-0.3, -0.25) is 4.68 Å². The molecule has 0 radical (unpaired) electrons. The van der Waals surface area contributed by atoms with Gasteiger partial charge >= 0.3 is 0 Å². The first-order valence-electron chi connectivity index (χ1n) is 5.99. The van der Waals surface area contributed by atoms with Gasteiger partial charge in [-0.2, -0.15) is 10.1 Å². The molecule has 2 aromatic heterocycles. The fourth-order valence-electron chi connectivity index (χ4n) is 1.78. The molecule has 0 aliphatic carbocycles. The Bertz CT molecular complexity index is 702. The van der Waals surface area contributed by atoms with Crippen LogP contribution in [0.2, 0.25) is 0 Å². The maximum absolute atomic E-state index is 5.59. The molecule has 7 nitrogen and oxygen atoms in total. The highest BCUT2D eigenvalue weighted by Crippen LogP contribution is 2.19. The van der Waals surface area contributed by atoms with Crippen LogP contribution in [0.4, 0.5) is 5.69 Å². The zero-order chi connectivity index (χ0) is 13.9. The quantitative estimate of drug-likeness (QED) is 0.774. The van der Waals surface area contributed by atoms with E-state index in [4.69, 9.17) is 15.0 Å². The van der Waals surface area contributed by atoms with E-state index in [2.05, 4.69) is 15.2 Å². The van der Waals surface area contributed by atoms with Crippen LogP contribution in [-0.4, -0.2) is 27.0 Å². The number of benzene rings is 1. The van der Waals surface area contributed by atoms with Gasteiger partial charge in [0.25, 0.3) is 0 Å². The largest absolute Gasteiger partial charge is 0.497 e. The number of nitrogens with zero attached hydrogens (tertiary/aromatic N) is 4. The van der Waals surface area contributed by atoms with Gasteiger partial charge in [-0.1, -0.05) is 5.16 Å². The highest BCUT2D eigenvalue weighted by Gasteiger charge is 2.09. The van der Waals surface area contributed by atoms with Gasteiger partial charge in [0.2, 0.25) is 11.7 Å². The van der Waals surface area contributed by atoms with Crippen molar-refractivity contribution < 1.29 is 9.26 Å². The zero-order valence-corrected chi connectivity index (χ0v) is 10.9. The number of anilines is 1. The highest BCUT2D eigenvalue weighted by atomic mass is 16.5. The van der Waals surface area contributed by atoms with Crippen LogP contribution in [0.3, 0.4) is 0 Å². The van der Waals surface area contributed by atoms with Crippen LogP contribution >= 0.6 is 0 Å². The molecule has 0 unspecified atom stereocenters. The van der Waals surface area contributed by atoms with E-state index in [1.54, 1.807) is 24.2 Å². The van der Waals surface area contributed by atoms with E-state index in [0.717, 1.165) is 11.3 Å². The van der Waals surface area contributed by atoms with Crippen molar-refractivity contribution in [3.8, 4) is 17.1 Å². The summed E-state index contributed by atoms with van der Waals surface area (Å²) < 4.78 is 11.9. The van der Waals surface area contributed by atoms with Crippen molar-refractivity contribution in [1.82, 2.24) is 19.9 Å². The lowest BCUT2D eigenvalue weighted by Crippen LogP contribution is -2.00. The predicted octanol–water partition coefficient (Wildman–Crippen LogP) is 1.57. The van der Waals surface area contributed by atoms with Crippen LogP contribution in [0.25, 0.3) is 11.4 Å². The van der Waals surface area contributed by atoms with Crippen molar-refractivity contribution in [1.29, 1.82) is 0 Å². The second kappa shape index (κ2) is 5.04. The maximum Gasteiger partial charge on any atom is 0.248 e. The number of methoxy groups -OCH3 is 1. The summed E-state index contributed by atoms with van der Waals surface area (Å²) in [6, 6.07) is 7.44. The molecular formula is C13H13N5O2. The normalized spacial score (nSPS) is 10.7. The van der Waals surface area contributed by atoms with E-state index in [-0.39, 0.29) is 0 Å². The molecule has 0 saturated carbocycles. The lowest BCUT2D eigenvalue weighted by molar-refractivity contribution is 0.366. The van der Waals surface area contributed by atoms with E-state index >= 15 is 0 Å². The summed E-state index contributed by atoms with van der Waals surface area (Å²) in [6.45, 7) is 0.389. The summed E-state index contributed by atoms with van der Waals surface area (Å²) in [7, 11) is 1.62. The fraction of sp³-hybridized carbons (Fsp3) is 0.154. The number of ether oxygens (including phenoxy) is 1. The second-order valence-corrected chi connectivity index (χ2v) is 4.21. The minimum Gasteiger partial charge on any atom is -0.497 e. The number of rotatable bonds is 4. The Balaban J connectivity index is 1.78. The fourth-order valence-corrected chi connectivity index (χ4v) is 1.78. The molecule has 3 aromatic rings. The second-order valence-electron chi connectivity index (χ2n) is 4.21. The molecule has 2 N–H and O–H groups in total. The van der Waals surface area contributed by atoms with Gasteiger partial charge in [0.1, 0.15) is 12.3 Å². The van der Waals surface area contributed by atoms with E-state index in [1.165, 1.54) is 0 Å². The predicted molar refractivity (Wildman–Crippen MR) is 72.0 cm³/mol. The van der Waals surface area contributed by atoms with Crippen LogP contribution in [0.1, 0.15) is 5.89 Å². The summed E-state index contributed by atoms with van der Waals surface area (Å²) in [6.07, 6.45) is 3.28. The van der Waals surface area contributed by atoms with Crippen molar-refractivity contribution in [2.45, 2.75) is 6.54 Å². The number of hydrogen-bond donors (Lipinski definition) is 1. The van der Waals surface area contributed by atoms with Gasteiger partial charge in [0.05, 0.1) is 19.0 Å². The molecule has 0 saturated heterocycles. The van der Waals surface area contributed by atoms with Crippen molar-refractivity contribution in [2.75, 3.05) is 12.8 Å². The van der Waals surface area contributed by atoms with Gasteiger partial charge < -0.3 is 15.0 Å². The van der Waals surface area contributed by atoms with E-state index in [0.29, 0.717) is 23.9 Å². The molecule has 0 aliphatic heterocycles. The summed E-state index contributed by atoms with van der Waals surface area (Å²) in [5.41, 5.74) is 7.05. The summed E-state index contributed by atoms with van der Waals surface area (Å²) in [5.74, 6) is 1.78. The Morgan fingerprint density at radius 3 is 2.75 bits per heavy atom. The lowest BCUT2D eigenvalue weighted by atomic mass is 10.2. The third kappa shape index (κ3) is 2.46. The third-order valence-electron chi connectivity index (χ3n) is 2.77. The molecule has 102 valence electrons. The monoisotopic (exact) mass is 271 g/mol. The Labute approximate surface area is 115 Å². The Hall–Kier alpha value is -2.83. The van der Waals surface area contributed by atoms with Gasteiger partial charge in [-0.25, -0.2) is 0 Å². The minimum atomic E-state index is 0.389. The van der Waals surface area contributed by atoms with Crippen LogP contribution in [0.5, 0.6) is 5.75 Å². The van der Waals surface area contributed by atoms with Gasteiger partial charge in [0.15, 0.2) is 0 Å². The first kappa shape index (κ1) is 12.2. The highest BCUT2D eigenvalue weighted by molar-refractivity contribution is 5.55. The first-order chi connectivity index (χ1) is 9.74. The van der Waals surface area contributed by atoms with Crippen molar-refractivity contribution in [3.63, 3.8) is 0 Å². The topological polar surface area (TPSA) is 92.0 Å². The molecule has 0 atom stereocenters. The minimum absolute atomic E-state index is 0.389. The molecule has 3 rings (SSSR count). The molecule has 0 amide bonds. The van der Waals surface area contributed by atoms with Gasteiger partial charge in [-0.15, -0.1) is 0 Å². The lowest BCUT2D eigenvalue weighted by Gasteiger charge is -1.99. The summed E-state index contributed by atoms with van der Waals surface area (Å²) in [4.78, 5) is 4.32. The van der Waals surface area contributed by atoms with E-state index in [9.17, 15) is 0 Å². The van der Waals surface area contributed by atoms with E-state index in [1.807, 2.05) is 24.3 Å². The van der Waals surface area contributed by atoms with Gasteiger partial charge in [0, 0.05) is 11.8 Å². The molecule has 0 bridgehead atoms. The average molecular weight is 271 g/mol. The SMILES string of the molecule is COc1ccc(-c2noc(Cn3cc(N)cn3)n2)cc1. The molecule has 7 heteroatoms. The standard InChI is InChI=1S/C13H13N5O2/c1-19-11-4-2-9(3-5-11)13-16-12(20-17-13)8-18-7-10(14)6-15-18/h2-7H,8,14H2,1H3. The number of nitrogen functional groups attached to an aromatic ring is 1.